The molecule has 0 heterocycles. The van der Waals surface area contributed by atoms with Crippen LogP contribution in [0.2, 0.25) is 0 Å². The number of rotatable bonds is 16. The van der Waals surface area contributed by atoms with Crippen LogP contribution in [0, 0.1) is 5.41 Å². The number of carbonyl (C=O) groups is 3. The van der Waals surface area contributed by atoms with E-state index in [-0.39, 0.29) is 29.6 Å². The molecule has 0 amide bonds. The normalized spacial score (nSPS) is 14.8. The molecule has 0 aliphatic heterocycles. The molecule has 0 fully saturated rings. The van der Waals surface area contributed by atoms with Crippen LogP contribution in [0.1, 0.15) is 95.9 Å². The standard InChI is InChI=1S/C26H48O7/c1-18(33-24(7,8)19(2)27)20(28)25(9,10)31-16-14-22(3,4)21(29)26(11,12)32-17-15-23(5,6)30-13/h18H,14-17H2,1-13H3. The Balaban J connectivity index is 4.95. The van der Waals surface area contributed by atoms with Gasteiger partial charge in [0.15, 0.2) is 17.3 Å². The minimum atomic E-state index is -1.12. The van der Waals surface area contributed by atoms with E-state index < -0.39 is 28.3 Å². The van der Waals surface area contributed by atoms with E-state index in [1.54, 1.807) is 55.6 Å². The van der Waals surface area contributed by atoms with Crippen LogP contribution in [-0.2, 0) is 33.3 Å². The Hall–Kier alpha value is -1.15. The summed E-state index contributed by atoms with van der Waals surface area (Å²) in [5, 5.41) is 0. The van der Waals surface area contributed by atoms with Crippen molar-refractivity contribution < 1.29 is 33.3 Å². The van der Waals surface area contributed by atoms with Gasteiger partial charge in [-0.1, -0.05) is 13.8 Å². The van der Waals surface area contributed by atoms with Gasteiger partial charge in [0.2, 0.25) is 0 Å². The molecule has 0 aliphatic rings. The van der Waals surface area contributed by atoms with Crippen molar-refractivity contribution in [2.75, 3.05) is 20.3 Å². The number of hydrogen-bond donors (Lipinski definition) is 0. The quantitative estimate of drug-likeness (QED) is 0.321. The third kappa shape index (κ3) is 9.93. The molecule has 7 nitrogen and oxygen atoms in total. The molecule has 1 atom stereocenters. The molecule has 0 aromatic heterocycles. The van der Waals surface area contributed by atoms with Crippen molar-refractivity contribution in [2.24, 2.45) is 5.41 Å². The highest BCUT2D eigenvalue weighted by Gasteiger charge is 2.41. The van der Waals surface area contributed by atoms with Crippen molar-refractivity contribution in [3.8, 4) is 0 Å². The van der Waals surface area contributed by atoms with E-state index in [2.05, 4.69) is 0 Å². The second-order valence-electron chi connectivity index (χ2n) is 11.6. The first-order valence-corrected chi connectivity index (χ1v) is 11.7. The van der Waals surface area contributed by atoms with Gasteiger partial charge in [0.05, 0.1) is 12.2 Å². The van der Waals surface area contributed by atoms with Gasteiger partial charge in [0.1, 0.15) is 22.9 Å². The summed E-state index contributed by atoms with van der Waals surface area (Å²) in [5.74, 6) is -0.444. The second-order valence-corrected chi connectivity index (χ2v) is 11.6. The van der Waals surface area contributed by atoms with Crippen LogP contribution >= 0.6 is 0 Å². The third-order valence-electron chi connectivity index (χ3n) is 6.35. The Morgan fingerprint density at radius 1 is 0.727 bits per heavy atom. The zero-order valence-corrected chi connectivity index (χ0v) is 23.3. The minimum absolute atomic E-state index is 0.0298. The fourth-order valence-corrected chi connectivity index (χ4v) is 3.35. The molecule has 0 N–H and O–H groups in total. The maximum absolute atomic E-state index is 13.2. The predicted molar refractivity (Wildman–Crippen MR) is 129 cm³/mol. The van der Waals surface area contributed by atoms with Crippen LogP contribution in [0.15, 0.2) is 0 Å². The topological polar surface area (TPSA) is 88.1 Å². The number of hydrogen-bond acceptors (Lipinski definition) is 7. The Morgan fingerprint density at radius 2 is 1.18 bits per heavy atom. The maximum Gasteiger partial charge on any atom is 0.192 e. The first-order chi connectivity index (χ1) is 14.6. The number of methoxy groups -OCH3 is 1. The summed E-state index contributed by atoms with van der Waals surface area (Å²) in [6, 6.07) is 0. The van der Waals surface area contributed by atoms with Gasteiger partial charge >= 0.3 is 0 Å². The molecule has 7 heteroatoms. The van der Waals surface area contributed by atoms with Crippen LogP contribution in [0.4, 0.5) is 0 Å². The predicted octanol–water partition coefficient (Wildman–Crippen LogP) is 4.72. The summed E-state index contributed by atoms with van der Waals surface area (Å²) < 4.78 is 22.9. The molecule has 0 spiro atoms. The fraction of sp³-hybridized carbons (Fsp3) is 0.885. The molecule has 0 saturated heterocycles. The lowest BCUT2D eigenvalue weighted by Gasteiger charge is -2.35. The number of ketones is 3. The molecule has 0 bridgehead atoms. The zero-order valence-electron chi connectivity index (χ0n) is 23.3. The zero-order chi connectivity index (χ0) is 26.5. The molecule has 0 aliphatic carbocycles. The Bertz CT molecular complexity index is 687. The summed E-state index contributed by atoms with van der Waals surface area (Å²) in [7, 11) is 1.66. The Labute approximate surface area is 201 Å². The van der Waals surface area contributed by atoms with Crippen LogP contribution in [-0.4, -0.2) is 66.2 Å². The number of carbonyl (C=O) groups excluding carboxylic acids is 3. The molecular formula is C26H48O7. The van der Waals surface area contributed by atoms with Crippen LogP contribution in [0.25, 0.3) is 0 Å². The highest BCUT2D eigenvalue weighted by Crippen LogP contribution is 2.31. The van der Waals surface area contributed by atoms with Crippen molar-refractivity contribution >= 4 is 17.3 Å². The minimum Gasteiger partial charge on any atom is -0.379 e. The summed E-state index contributed by atoms with van der Waals surface area (Å²) in [4.78, 5) is 37.8. The summed E-state index contributed by atoms with van der Waals surface area (Å²) in [6.45, 7) is 21.5. The van der Waals surface area contributed by atoms with Crippen LogP contribution in [0.5, 0.6) is 0 Å². The molecule has 33 heavy (non-hydrogen) atoms. The molecule has 0 rings (SSSR count). The van der Waals surface area contributed by atoms with E-state index in [9.17, 15) is 14.4 Å². The van der Waals surface area contributed by atoms with Gasteiger partial charge in [-0.3, -0.25) is 14.4 Å². The smallest absolute Gasteiger partial charge is 0.192 e. The highest BCUT2D eigenvalue weighted by molar-refractivity contribution is 5.92. The van der Waals surface area contributed by atoms with E-state index >= 15 is 0 Å². The molecule has 0 saturated carbocycles. The summed E-state index contributed by atoms with van der Waals surface area (Å²) in [6.07, 6.45) is 0.283. The van der Waals surface area contributed by atoms with Crippen LogP contribution < -0.4 is 0 Å². The first kappa shape index (κ1) is 31.9. The molecular weight excluding hydrogens is 424 g/mol. The highest BCUT2D eigenvalue weighted by atomic mass is 16.5. The van der Waals surface area contributed by atoms with Crippen molar-refractivity contribution in [2.45, 2.75) is 124 Å². The average molecular weight is 473 g/mol. The summed E-state index contributed by atoms with van der Waals surface area (Å²) >= 11 is 0. The first-order valence-electron chi connectivity index (χ1n) is 11.7. The summed E-state index contributed by atoms with van der Waals surface area (Å²) in [5.41, 5.74) is -4.16. The second kappa shape index (κ2) is 11.5. The Kier molecular flexibility index (Phi) is 11.1. The van der Waals surface area contributed by atoms with E-state index in [0.29, 0.717) is 19.4 Å². The van der Waals surface area contributed by atoms with E-state index in [1.165, 1.54) is 6.92 Å². The molecule has 1 unspecified atom stereocenters. The third-order valence-corrected chi connectivity index (χ3v) is 6.35. The molecule has 0 aromatic carbocycles. The van der Waals surface area contributed by atoms with Crippen molar-refractivity contribution in [3.05, 3.63) is 0 Å². The molecule has 194 valence electrons. The largest absolute Gasteiger partial charge is 0.379 e. The number of Topliss-reactive ketones (excluding diaryl/α,β-unsaturated/α-hetero) is 3. The van der Waals surface area contributed by atoms with Gasteiger partial charge in [0, 0.05) is 19.1 Å². The molecule has 0 aromatic rings. The Morgan fingerprint density at radius 3 is 1.64 bits per heavy atom. The lowest BCUT2D eigenvalue weighted by molar-refractivity contribution is -0.166. The SMILES string of the molecule is COC(C)(C)CCOC(C)(C)C(=O)C(C)(C)CCOC(C)(C)C(=O)C(C)OC(C)(C)C(C)=O. The van der Waals surface area contributed by atoms with E-state index in [0.717, 1.165) is 0 Å². The van der Waals surface area contributed by atoms with Crippen molar-refractivity contribution in [1.82, 2.24) is 0 Å². The van der Waals surface area contributed by atoms with Gasteiger partial charge in [-0.25, -0.2) is 0 Å². The molecule has 0 radical (unpaired) electrons. The van der Waals surface area contributed by atoms with Gasteiger partial charge in [-0.2, -0.15) is 0 Å². The number of ether oxygens (including phenoxy) is 4. The van der Waals surface area contributed by atoms with E-state index in [4.69, 9.17) is 18.9 Å². The maximum atomic E-state index is 13.2. The van der Waals surface area contributed by atoms with Gasteiger partial charge in [-0.05, 0) is 82.1 Å². The monoisotopic (exact) mass is 472 g/mol. The lowest BCUT2D eigenvalue weighted by Crippen LogP contribution is -2.48. The van der Waals surface area contributed by atoms with Gasteiger partial charge < -0.3 is 18.9 Å². The van der Waals surface area contributed by atoms with Crippen molar-refractivity contribution in [1.29, 1.82) is 0 Å². The van der Waals surface area contributed by atoms with Crippen molar-refractivity contribution in [3.63, 3.8) is 0 Å². The van der Waals surface area contributed by atoms with E-state index in [1.807, 2.05) is 27.7 Å². The van der Waals surface area contributed by atoms with Gasteiger partial charge in [0.25, 0.3) is 0 Å². The fourth-order valence-electron chi connectivity index (χ4n) is 3.35. The lowest BCUT2D eigenvalue weighted by atomic mass is 9.78. The van der Waals surface area contributed by atoms with Gasteiger partial charge in [-0.15, -0.1) is 0 Å². The average Bonchev–Trinajstić information content (AvgIpc) is 2.65. The van der Waals surface area contributed by atoms with Crippen LogP contribution in [0.3, 0.4) is 0 Å².